The van der Waals surface area contributed by atoms with E-state index in [0.717, 1.165) is 5.56 Å². The van der Waals surface area contributed by atoms with Crippen LogP contribution in [0.5, 0.6) is 0 Å². The summed E-state index contributed by atoms with van der Waals surface area (Å²) in [5.74, 6) is 0. The van der Waals surface area contributed by atoms with Crippen molar-refractivity contribution in [2.24, 2.45) is 0 Å². The average Bonchev–Trinajstić information content (AvgIpc) is 3.70. The van der Waals surface area contributed by atoms with E-state index in [-0.39, 0.29) is 0 Å². The summed E-state index contributed by atoms with van der Waals surface area (Å²) in [6.45, 7) is 2.19. The summed E-state index contributed by atoms with van der Waals surface area (Å²) in [4.78, 5) is 4.43. The molecule has 1 heterocycles. The molecule has 0 saturated heterocycles. The number of aryl methyl sites for hydroxylation is 1. The lowest BCUT2D eigenvalue weighted by molar-refractivity contribution is 1.33. The smallest absolute Gasteiger partial charge is 0.0346 e. The lowest BCUT2D eigenvalue weighted by Gasteiger charge is -2.16. The molecule has 236 valence electrons. The number of hydrogen-bond donors (Lipinski definition) is 0. The first kappa shape index (κ1) is 28.3. The van der Waals surface area contributed by atoms with Crippen molar-refractivity contribution in [3.63, 3.8) is 0 Å². The van der Waals surface area contributed by atoms with E-state index in [1.165, 1.54) is 111 Å². The van der Waals surface area contributed by atoms with Crippen molar-refractivity contribution in [2.75, 3.05) is 0 Å². The fourth-order valence-electron chi connectivity index (χ4n) is 8.88. The summed E-state index contributed by atoms with van der Waals surface area (Å²) < 4.78 is 0. The van der Waals surface area contributed by atoms with Gasteiger partial charge in [0.2, 0.25) is 0 Å². The Morgan fingerprint density at radius 1 is 0.314 bits per heavy atom. The topological polar surface area (TPSA) is 12.9 Å². The number of nitrogens with zero attached hydrogens (tertiary/aromatic N) is 1. The quantitative estimate of drug-likeness (QED) is 0.186. The van der Waals surface area contributed by atoms with Gasteiger partial charge in [-0.15, -0.1) is 0 Å². The van der Waals surface area contributed by atoms with E-state index in [1.54, 1.807) is 0 Å². The van der Waals surface area contributed by atoms with Gasteiger partial charge in [-0.1, -0.05) is 127 Å². The highest BCUT2D eigenvalue weighted by Crippen LogP contribution is 2.52. The van der Waals surface area contributed by atoms with E-state index >= 15 is 0 Å². The Morgan fingerprint density at radius 2 is 0.725 bits per heavy atom. The third-order valence-electron chi connectivity index (χ3n) is 11.1. The SMILES string of the molecule is Cc1cc(-c2cccnc2)cc(-c2cc(-c3ccc4c5c(cccc35)-c3ccccc3-4)cc(-c3ccc4c5c(cccc35)-c3ccccc3-4)c2)c1. The van der Waals surface area contributed by atoms with Gasteiger partial charge in [0.15, 0.2) is 0 Å². The van der Waals surface area contributed by atoms with Crippen molar-refractivity contribution in [3.05, 3.63) is 176 Å². The summed E-state index contributed by atoms with van der Waals surface area (Å²) in [7, 11) is 0. The monoisotopic (exact) mass is 645 g/mol. The number of rotatable bonds is 4. The van der Waals surface area contributed by atoms with E-state index in [9.17, 15) is 0 Å². The van der Waals surface area contributed by atoms with Gasteiger partial charge >= 0.3 is 0 Å². The molecule has 0 spiro atoms. The minimum Gasteiger partial charge on any atom is -0.264 e. The van der Waals surface area contributed by atoms with Gasteiger partial charge in [0.25, 0.3) is 0 Å². The summed E-state index contributed by atoms with van der Waals surface area (Å²) >= 11 is 0. The predicted octanol–water partition coefficient (Wildman–Crippen LogP) is 13.7. The second-order valence-electron chi connectivity index (χ2n) is 14.0. The van der Waals surface area contributed by atoms with Crippen molar-refractivity contribution in [2.45, 2.75) is 6.92 Å². The molecular weight excluding hydrogens is 615 g/mol. The van der Waals surface area contributed by atoms with Gasteiger partial charge < -0.3 is 0 Å². The van der Waals surface area contributed by atoms with E-state index < -0.39 is 0 Å². The normalized spacial score (nSPS) is 12.0. The Bertz CT molecular complexity index is 2700. The lowest BCUT2D eigenvalue weighted by atomic mass is 9.87. The summed E-state index contributed by atoms with van der Waals surface area (Å²) in [5, 5.41) is 5.28. The van der Waals surface area contributed by atoms with Crippen molar-refractivity contribution in [3.8, 4) is 89.0 Å². The zero-order chi connectivity index (χ0) is 33.6. The predicted molar refractivity (Wildman–Crippen MR) is 215 cm³/mol. The van der Waals surface area contributed by atoms with E-state index in [2.05, 4.69) is 164 Å². The van der Waals surface area contributed by atoms with Crippen LogP contribution in [0, 0.1) is 6.92 Å². The van der Waals surface area contributed by atoms with E-state index in [1.807, 2.05) is 18.5 Å². The second-order valence-corrected chi connectivity index (χ2v) is 14.0. The molecule has 1 nitrogen and oxygen atoms in total. The third kappa shape index (κ3) is 4.19. The molecule has 0 fully saturated rings. The highest BCUT2D eigenvalue weighted by molar-refractivity contribution is 6.20. The summed E-state index contributed by atoms with van der Waals surface area (Å²) in [5.41, 5.74) is 21.5. The molecule has 0 unspecified atom stereocenters. The second kappa shape index (κ2) is 10.7. The standard InChI is InChI=1S/C50H31N/c1-30-23-32(31-9-8-22-51-29-31)25-33(24-30)34-26-35(37-18-20-47-41-12-4-2-10-39(41)45-16-6-14-43(37)49(45)47)28-36(27-34)38-19-21-48-42-13-5-3-11-40(42)46-17-7-15-44(38)50(46)48/h2-29H,1H3. The van der Waals surface area contributed by atoms with Crippen LogP contribution in [0.15, 0.2) is 170 Å². The zero-order valence-corrected chi connectivity index (χ0v) is 28.1. The maximum atomic E-state index is 4.43. The zero-order valence-electron chi connectivity index (χ0n) is 28.1. The number of aromatic nitrogens is 1. The highest BCUT2D eigenvalue weighted by Gasteiger charge is 2.25. The fraction of sp³-hybridized carbons (Fsp3) is 0.0200. The highest BCUT2D eigenvalue weighted by atomic mass is 14.6. The molecule has 0 amide bonds. The molecule has 0 bridgehead atoms. The van der Waals surface area contributed by atoms with E-state index in [4.69, 9.17) is 0 Å². The van der Waals surface area contributed by atoms with Crippen LogP contribution in [0.3, 0.4) is 0 Å². The Kier molecular flexibility index (Phi) is 5.94. The third-order valence-corrected chi connectivity index (χ3v) is 11.1. The van der Waals surface area contributed by atoms with Crippen LogP contribution in [0.4, 0.5) is 0 Å². The summed E-state index contributed by atoms with van der Waals surface area (Å²) in [6, 6.07) is 58.9. The molecule has 0 atom stereocenters. The van der Waals surface area contributed by atoms with Crippen LogP contribution in [0.2, 0.25) is 0 Å². The fourth-order valence-corrected chi connectivity index (χ4v) is 8.88. The minimum absolute atomic E-state index is 1.12. The Labute approximate surface area is 297 Å². The van der Waals surface area contributed by atoms with Crippen molar-refractivity contribution < 1.29 is 0 Å². The van der Waals surface area contributed by atoms with Crippen molar-refractivity contribution >= 4 is 21.5 Å². The number of fused-ring (bicyclic) bond motifs is 6. The minimum atomic E-state index is 1.12. The van der Waals surface area contributed by atoms with Gasteiger partial charge in [-0.05, 0) is 148 Å². The molecule has 1 aromatic heterocycles. The average molecular weight is 646 g/mol. The molecule has 2 aliphatic rings. The largest absolute Gasteiger partial charge is 0.264 e. The van der Waals surface area contributed by atoms with Gasteiger partial charge in [0, 0.05) is 18.0 Å². The molecule has 0 radical (unpaired) electrons. The van der Waals surface area contributed by atoms with Crippen LogP contribution in [0.25, 0.3) is 111 Å². The van der Waals surface area contributed by atoms with Crippen LogP contribution in [0.1, 0.15) is 5.56 Å². The lowest BCUT2D eigenvalue weighted by Crippen LogP contribution is -1.91. The molecular formula is C50H31N. The first-order valence-electron chi connectivity index (χ1n) is 17.7. The molecule has 9 aromatic rings. The van der Waals surface area contributed by atoms with Crippen LogP contribution in [-0.2, 0) is 0 Å². The van der Waals surface area contributed by atoms with Crippen LogP contribution >= 0.6 is 0 Å². The Morgan fingerprint density at radius 3 is 1.24 bits per heavy atom. The van der Waals surface area contributed by atoms with Crippen molar-refractivity contribution in [1.82, 2.24) is 4.98 Å². The Balaban J connectivity index is 1.18. The van der Waals surface area contributed by atoms with Crippen LogP contribution in [-0.4, -0.2) is 4.98 Å². The first-order valence-corrected chi connectivity index (χ1v) is 17.7. The number of hydrogen-bond acceptors (Lipinski definition) is 1. The maximum absolute atomic E-state index is 4.43. The van der Waals surface area contributed by atoms with Crippen LogP contribution < -0.4 is 0 Å². The van der Waals surface area contributed by atoms with Gasteiger partial charge in [-0.3, -0.25) is 4.98 Å². The first-order chi connectivity index (χ1) is 25.2. The molecule has 1 heteroatoms. The molecule has 2 aliphatic carbocycles. The number of benzene rings is 8. The van der Waals surface area contributed by atoms with Gasteiger partial charge in [-0.25, -0.2) is 0 Å². The van der Waals surface area contributed by atoms with E-state index in [0.29, 0.717) is 0 Å². The molecule has 0 N–H and O–H groups in total. The van der Waals surface area contributed by atoms with Gasteiger partial charge in [0.1, 0.15) is 0 Å². The van der Waals surface area contributed by atoms with Crippen molar-refractivity contribution in [1.29, 1.82) is 0 Å². The summed E-state index contributed by atoms with van der Waals surface area (Å²) in [6.07, 6.45) is 3.79. The number of pyridine rings is 1. The van der Waals surface area contributed by atoms with Gasteiger partial charge in [-0.2, -0.15) is 0 Å². The van der Waals surface area contributed by atoms with Gasteiger partial charge in [0.05, 0.1) is 0 Å². The maximum Gasteiger partial charge on any atom is 0.0346 e. The molecule has 0 saturated carbocycles. The molecule has 51 heavy (non-hydrogen) atoms. The Hall–Kier alpha value is -6.57. The molecule has 11 rings (SSSR count). The molecule has 8 aromatic carbocycles. The molecule has 0 aliphatic heterocycles.